The molecule has 1 N–H and O–H groups in total. The molecular formula is C13H16N2O5. The summed E-state index contributed by atoms with van der Waals surface area (Å²) < 4.78 is 4.89. The van der Waals surface area contributed by atoms with Crippen molar-refractivity contribution in [2.45, 2.75) is 18.9 Å². The predicted molar refractivity (Wildman–Crippen MR) is 70.8 cm³/mol. The number of hydrogen-bond donors (Lipinski definition) is 1. The van der Waals surface area contributed by atoms with Crippen molar-refractivity contribution in [3.05, 3.63) is 33.9 Å². The molecule has 0 spiro atoms. The van der Waals surface area contributed by atoms with E-state index in [9.17, 15) is 20.0 Å². The molecule has 0 aromatic heterocycles. The third-order valence-corrected chi connectivity index (χ3v) is 3.54. The van der Waals surface area contributed by atoms with Crippen LogP contribution in [-0.4, -0.2) is 46.6 Å². The summed E-state index contributed by atoms with van der Waals surface area (Å²) in [6.45, 7) is 2.35. The highest BCUT2D eigenvalue weighted by atomic mass is 16.6. The molecule has 108 valence electrons. The molecule has 0 unspecified atom stereocenters. The van der Waals surface area contributed by atoms with Crippen molar-refractivity contribution in [3.8, 4) is 5.75 Å². The number of nitro benzene ring substituents is 1. The zero-order chi connectivity index (χ0) is 14.9. The smallest absolute Gasteiger partial charge is 0.311 e. The van der Waals surface area contributed by atoms with E-state index in [1.165, 1.54) is 30.2 Å². The molecule has 7 heteroatoms. The van der Waals surface area contributed by atoms with Crippen LogP contribution in [0.5, 0.6) is 5.75 Å². The molecule has 1 aliphatic heterocycles. The highest BCUT2D eigenvalue weighted by Crippen LogP contribution is 2.30. The molecule has 1 aliphatic rings. The number of nitro groups is 1. The second-order valence-corrected chi connectivity index (χ2v) is 4.88. The largest absolute Gasteiger partial charge is 0.490 e. The highest BCUT2D eigenvalue weighted by molar-refractivity contribution is 5.96. The first-order valence-electron chi connectivity index (χ1n) is 6.24. The van der Waals surface area contributed by atoms with E-state index in [1.54, 1.807) is 0 Å². The fraction of sp³-hybridized carbons (Fsp3) is 0.462. The van der Waals surface area contributed by atoms with Gasteiger partial charge in [-0.3, -0.25) is 14.9 Å². The number of hydrogen-bond acceptors (Lipinski definition) is 5. The molecule has 1 aromatic rings. The number of ether oxygens (including phenoxy) is 1. The molecule has 1 fully saturated rings. The SMILES string of the molecule is CCC1(O)CN(C(=O)c2ccc(OC)c([N+](=O)[O-])c2)C1. The number of nitrogens with zero attached hydrogens (tertiary/aromatic N) is 2. The van der Waals surface area contributed by atoms with Gasteiger partial charge in [0.15, 0.2) is 5.75 Å². The molecular weight excluding hydrogens is 264 g/mol. The summed E-state index contributed by atoms with van der Waals surface area (Å²) in [7, 11) is 1.33. The van der Waals surface area contributed by atoms with Crippen molar-refractivity contribution >= 4 is 11.6 Å². The Morgan fingerprint density at radius 3 is 2.70 bits per heavy atom. The van der Waals surface area contributed by atoms with E-state index in [0.29, 0.717) is 6.42 Å². The van der Waals surface area contributed by atoms with Crippen LogP contribution in [0.1, 0.15) is 23.7 Å². The summed E-state index contributed by atoms with van der Waals surface area (Å²) in [5, 5.41) is 20.8. The van der Waals surface area contributed by atoms with Gasteiger partial charge in [0.1, 0.15) is 0 Å². The van der Waals surface area contributed by atoms with Gasteiger partial charge in [-0.15, -0.1) is 0 Å². The Kier molecular flexibility index (Phi) is 3.63. The predicted octanol–water partition coefficient (Wildman–Crippen LogP) is 1.20. The van der Waals surface area contributed by atoms with Crippen molar-refractivity contribution in [1.29, 1.82) is 0 Å². The Labute approximate surface area is 115 Å². The number of methoxy groups -OCH3 is 1. The molecule has 20 heavy (non-hydrogen) atoms. The van der Waals surface area contributed by atoms with Crippen molar-refractivity contribution in [2.75, 3.05) is 20.2 Å². The van der Waals surface area contributed by atoms with E-state index >= 15 is 0 Å². The third kappa shape index (κ3) is 2.44. The number of β-amino-alcohol motifs (C(OH)–C–C–N with tert-alkyl or cyclic N) is 1. The van der Waals surface area contributed by atoms with Crippen LogP contribution in [0.15, 0.2) is 18.2 Å². The number of likely N-dealkylation sites (tertiary alicyclic amines) is 1. The van der Waals surface area contributed by atoms with Crippen LogP contribution in [0.25, 0.3) is 0 Å². The van der Waals surface area contributed by atoms with E-state index in [4.69, 9.17) is 4.74 Å². The summed E-state index contributed by atoms with van der Waals surface area (Å²) in [6, 6.07) is 4.08. The van der Waals surface area contributed by atoms with Gasteiger partial charge in [0.05, 0.1) is 30.7 Å². The number of rotatable bonds is 4. The number of carbonyl (C=O) groups is 1. The van der Waals surface area contributed by atoms with Gasteiger partial charge in [0.2, 0.25) is 0 Å². The molecule has 1 saturated heterocycles. The van der Waals surface area contributed by atoms with Crippen LogP contribution in [-0.2, 0) is 0 Å². The fourth-order valence-corrected chi connectivity index (χ4v) is 2.18. The number of aliphatic hydroxyl groups is 1. The maximum absolute atomic E-state index is 12.2. The molecule has 1 amide bonds. The summed E-state index contributed by atoms with van der Waals surface area (Å²) in [5.74, 6) is -0.214. The average Bonchev–Trinajstić information content (AvgIpc) is 2.42. The maximum Gasteiger partial charge on any atom is 0.311 e. The Bertz CT molecular complexity index is 552. The van der Waals surface area contributed by atoms with Gasteiger partial charge in [0, 0.05) is 11.6 Å². The van der Waals surface area contributed by atoms with Gasteiger partial charge in [-0.2, -0.15) is 0 Å². The topological polar surface area (TPSA) is 92.9 Å². The Morgan fingerprint density at radius 2 is 2.20 bits per heavy atom. The summed E-state index contributed by atoms with van der Waals surface area (Å²) in [5.41, 5.74) is -0.853. The first-order valence-corrected chi connectivity index (χ1v) is 6.24. The lowest BCUT2D eigenvalue weighted by Crippen LogP contribution is -2.63. The lowest BCUT2D eigenvalue weighted by molar-refractivity contribution is -0.385. The maximum atomic E-state index is 12.2. The zero-order valence-corrected chi connectivity index (χ0v) is 11.3. The second kappa shape index (κ2) is 5.09. The van der Waals surface area contributed by atoms with Crippen LogP contribution < -0.4 is 4.74 Å². The molecule has 0 aliphatic carbocycles. The summed E-state index contributed by atoms with van der Waals surface area (Å²) in [6.07, 6.45) is 0.569. The molecule has 7 nitrogen and oxygen atoms in total. The molecule has 1 aromatic carbocycles. The summed E-state index contributed by atoms with van der Waals surface area (Å²) in [4.78, 5) is 24.0. The second-order valence-electron chi connectivity index (χ2n) is 4.88. The van der Waals surface area contributed by atoms with Gasteiger partial charge < -0.3 is 14.7 Å². The van der Waals surface area contributed by atoms with Crippen molar-refractivity contribution in [3.63, 3.8) is 0 Å². The molecule has 0 saturated carbocycles. The molecule has 0 radical (unpaired) electrons. The van der Waals surface area contributed by atoms with Crippen molar-refractivity contribution in [2.24, 2.45) is 0 Å². The third-order valence-electron chi connectivity index (χ3n) is 3.54. The van der Waals surface area contributed by atoms with Crippen molar-refractivity contribution < 1.29 is 19.6 Å². The number of amides is 1. The molecule has 0 atom stereocenters. The first kappa shape index (κ1) is 14.3. The van der Waals surface area contributed by atoms with Crippen LogP contribution in [0.2, 0.25) is 0 Å². The molecule has 2 rings (SSSR count). The van der Waals surface area contributed by atoms with E-state index in [-0.39, 0.29) is 36.0 Å². The zero-order valence-electron chi connectivity index (χ0n) is 11.3. The van der Waals surface area contributed by atoms with E-state index in [1.807, 2.05) is 6.92 Å². The van der Waals surface area contributed by atoms with Gasteiger partial charge in [-0.25, -0.2) is 0 Å². The molecule has 1 heterocycles. The number of benzene rings is 1. The van der Waals surface area contributed by atoms with Gasteiger partial charge >= 0.3 is 5.69 Å². The quantitative estimate of drug-likeness (QED) is 0.660. The van der Waals surface area contributed by atoms with E-state index in [0.717, 1.165) is 0 Å². The minimum atomic E-state index is -0.825. The normalized spacial score (nSPS) is 16.4. The number of carbonyl (C=O) groups excluding carboxylic acids is 1. The van der Waals surface area contributed by atoms with Crippen LogP contribution in [0.3, 0.4) is 0 Å². The van der Waals surface area contributed by atoms with Crippen molar-refractivity contribution in [1.82, 2.24) is 4.90 Å². The van der Waals surface area contributed by atoms with Gasteiger partial charge in [-0.05, 0) is 18.6 Å². The van der Waals surface area contributed by atoms with Crippen LogP contribution >= 0.6 is 0 Å². The van der Waals surface area contributed by atoms with Gasteiger partial charge in [-0.1, -0.05) is 6.92 Å². The van der Waals surface area contributed by atoms with E-state index < -0.39 is 10.5 Å². The Hall–Kier alpha value is -2.15. The fourth-order valence-electron chi connectivity index (χ4n) is 2.18. The van der Waals surface area contributed by atoms with E-state index in [2.05, 4.69) is 0 Å². The van der Waals surface area contributed by atoms with Crippen LogP contribution in [0.4, 0.5) is 5.69 Å². The minimum absolute atomic E-state index is 0.111. The van der Waals surface area contributed by atoms with Crippen LogP contribution in [0, 0.1) is 10.1 Å². The lowest BCUT2D eigenvalue weighted by Gasteiger charge is -2.46. The Balaban J connectivity index is 2.20. The average molecular weight is 280 g/mol. The summed E-state index contributed by atoms with van der Waals surface area (Å²) >= 11 is 0. The highest BCUT2D eigenvalue weighted by Gasteiger charge is 2.42. The lowest BCUT2D eigenvalue weighted by atomic mass is 9.90. The monoisotopic (exact) mass is 280 g/mol. The van der Waals surface area contributed by atoms with Gasteiger partial charge in [0.25, 0.3) is 5.91 Å². The molecule has 0 bridgehead atoms. The first-order chi connectivity index (χ1) is 9.40. The standard InChI is InChI=1S/C13H16N2O5/c1-3-13(17)7-14(8-13)12(16)9-4-5-11(20-2)10(6-9)15(18)19/h4-6,17H,3,7-8H2,1-2H3. The Morgan fingerprint density at radius 1 is 1.55 bits per heavy atom. The minimum Gasteiger partial charge on any atom is -0.490 e.